The minimum Gasteiger partial charge on any atom is -0.502 e. The first kappa shape index (κ1) is 7.25. The predicted octanol–water partition coefficient (Wildman–Crippen LogP) is 0.829. The standard InChI is InChI=1S/C7H6INO2/c8-7-6(11-7)5-2-1-4(10)3-9-5/h6-7,9-10H,3H2. The first-order chi connectivity index (χ1) is 5.27. The molecule has 2 atom stereocenters. The van der Waals surface area contributed by atoms with Gasteiger partial charge in [-0.15, -0.1) is 0 Å². The maximum atomic E-state index is 8.92. The van der Waals surface area contributed by atoms with Gasteiger partial charge in [0.2, 0.25) is 0 Å². The zero-order valence-electron chi connectivity index (χ0n) is 5.60. The van der Waals surface area contributed by atoms with Crippen LogP contribution in [0.3, 0.4) is 0 Å². The van der Waals surface area contributed by atoms with Gasteiger partial charge in [0.25, 0.3) is 0 Å². The lowest BCUT2D eigenvalue weighted by Gasteiger charge is -2.05. The summed E-state index contributed by atoms with van der Waals surface area (Å²) in [6, 6.07) is 0. The molecule has 0 amide bonds. The van der Waals surface area contributed by atoms with Gasteiger partial charge >= 0.3 is 0 Å². The molecule has 2 unspecified atom stereocenters. The summed E-state index contributed by atoms with van der Waals surface area (Å²) < 4.78 is 5.44. The van der Waals surface area contributed by atoms with Gasteiger partial charge in [-0.2, -0.15) is 0 Å². The van der Waals surface area contributed by atoms with Crippen LogP contribution in [-0.4, -0.2) is 21.9 Å². The number of rotatable bonds is 1. The minimum absolute atomic E-state index is 0.135. The first-order valence-electron chi connectivity index (χ1n) is 3.24. The van der Waals surface area contributed by atoms with Crippen molar-refractivity contribution in [2.24, 2.45) is 0 Å². The number of alkyl halides is 1. The van der Waals surface area contributed by atoms with Crippen LogP contribution in [0.15, 0.2) is 22.9 Å². The van der Waals surface area contributed by atoms with E-state index in [4.69, 9.17) is 9.84 Å². The van der Waals surface area contributed by atoms with Gasteiger partial charge in [-0.05, 0) is 34.1 Å². The second-order valence-corrected chi connectivity index (χ2v) is 3.60. The second kappa shape index (κ2) is 2.57. The molecule has 2 aliphatic heterocycles. The lowest BCUT2D eigenvalue weighted by molar-refractivity contribution is 0.383. The average molecular weight is 263 g/mol. The number of halogens is 1. The number of ether oxygens (including phenoxy) is 1. The Bertz CT molecular complexity index is 287. The molecule has 0 radical (unpaired) electrons. The van der Waals surface area contributed by atoms with E-state index in [0.717, 1.165) is 5.70 Å². The van der Waals surface area contributed by atoms with Crippen LogP contribution in [0, 0.1) is 0 Å². The molecule has 3 nitrogen and oxygen atoms in total. The van der Waals surface area contributed by atoms with Crippen molar-refractivity contribution in [1.82, 2.24) is 5.32 Å². The van der Waals surface area contributed by atoms with E-state index in [1.54, 1.807) is 0 Å². The molecule has 2 rings (SSSR count). The molecule has 0 aromatic carbocycles. The monoisotopic (exact) mass is 263 g/mol. The summed E-state index contributed by atoms with van der Waals surface area (Å²) in [4.78, 5) is 0. The molecule has 1 saturated heterocycles. The summed E-state index contributed by atoms with van der Waals surface area (Å²) in [6.07, 6.45) is 0.135. The quantitative estimate of drug-likeness (QED) is 0.319. The van der Waals surface area contributed by atoms with Crippen molar-refractivity contribution in [3.05, 3.63) is 22.9 Å². The molecule has 2 aliphatic rings. The zero-order chi connectivity index (χ0) is 7.84. The number of aliphatic hydroxyl groups excluding tert-OH is 1. The molecule has 2 heterocycles. The van der Waals surface area contributed by atoms with Crippen LogP contribution in [0.4, 0.5) is 0 Å². The highest BCUT2D eigenvalue weighted by Gasteiger charge is 2.40. The molecule has 4 heteroatoms. The Balaban J connectivity index is 2.23. The normalized spacial score (nSPS) is 33.9. The van der Waals surface area contributed by atoms with E-state index in [1.807, 2.05) is 0 Å². The van der Waals surface area contributed by atoms with Gasteiger partial charge in [-0.1, -0.05) is 0 Å². The fourth-order valence-corrected chi connectivity index (χ4v) is 1.55. The number of nitrogens with one attached hydrogen (secondary N) is 1. The Hall–Kier alpha value is -0.410. The van der Waals surface area contributed by atoms with Crippen molar-refractivity contribution < 1.29 is 9.84 Å². The summed E-state index contributed by atoms with van der Waals surface area (Å²) in [5.41, 5.74) is 6.30. The molecular weight excluding hydrogens is 257 g/mol. The Labute approximate surface area is 77.6 Å². The molecule has 11 heavy (non-hydrogen) atoms. The van der Waals surface area contributed by atoms with Gasteiger partial charge in [0.15, 0.2) is 5.76 Å². The van der Waals surface area contributed by atoms with Crippen LogP contribution in [0.2, 0.25) is 0 Å². The van der Waals surface area contributed by atoms with Crippen molar-refractivity contribution >= 4 is 22.6 Å². The maximum Gasteiger partial charge on any atom is 0.162 e. The summed E-state index contributed by atoms with van der Waals surface area (Å²) in [5, 5.41) is 11.9. The highest BCUT2D eigenvalue weighted by Crippen LogP contribution is 2.32. The van der Waals surface area contributed by atoms with E-state index >= 15 is 0 Å². The van der Waals surface area contributed by atoms with Crippen molar-refractivity contribution in [3.8, 4) is 0 Å². The van der Waals surface area contributed by atoms with Crippen molar-refractivity contribution in [3.63, 3.8) is 0 Å². The smallest absolute Gasteiger partial charge is 0.162 e. The number of hydrogen-bond donors (Lipinski definition) is 2. The van der Waals surface area contributed by atoms with Crippen LogP contribution < -0.4 is 5.32 Å². The number of aliphatic hydroxyl groups is 1. The Kier molecular flexibility index (Phi) is 1.69. The van der Waals surface area contributed by atoms with Crippen molar-refractivity contribution in [1.29, 1.82) is 0 Å². The van der Waals surface area contributed by atoms with Gasteiger partial charge < -0.3 is 15.2 Å². The van der Waals surface area contributed by atoms with Gasteiger partial charge in [0.1, 0.15) is 10.2 Å². The van der Waals surface area contributed by atoms with Crippen molar-refractivity contribution in [2.45, 2.75) is 10.2 Å². The molecular formula is C7H6INO2. The largest absolute Gasteiger partial charge is 0.502 e. The van der Waals surface area contributed by atoms with Crippen LogP contribution in [-0.2, 0) is 4.74 Å². The predicted molar refractivity (Wildman–Crippen MR) is 47.4 cm³/mol. The third kappa shape index (κ3) is 1.44. The van der Waals surface area contributed by atoms with Crippen LogP contribution in [0.1, 0.15) is 0 Å². The topological polar surface area (TPSA) is 44.8 Å². The van der Waals surface area contributed by atoms with E-state index in [2.05, 4.69) is 39.4 Å². The van der Waals surface area contributed by atoms with Gasteiger partial charge in [0.05, 0.1) is 12.2 Å². The van der Waals surface area contributed by atoms with E-state index in [-0.39, 0.29) is 16.0 Å². The Morgan fingerprint density at radius 2 is 2.36 bits per heavy atom. The average Bonchev–Trinajstić information content (AvgIpc) is 2.69. The SMILES string of the molecule is OC1=C=C=C(C2OC2I)NC1. The molecule has 0 saturated carbocycles. The number of hydrogen-bond acceptors (Lipinski definition) is 3. The minimum atomic E-state index is 0.135. The molecule has 0 aliphatic carbocycles. The lowest BCUT2D eigenvalue weighted by Crippen LogP contribution is -2.21. The van der Waals surface area contributed by atoms with Gasteiger partial charge in [0, 0.05) is 0 Å². The molecule has 0 aromatic rings. The van der Waals surface area contributed by atoms with Crippen LogP contribution in [0.5, 0.6) is 0 Å². The van der Waals surface area contributed by atoms with Crippen molar-refractivity contribution in [2.75, 3.05) is 6.54 Å². The van der Waals surface area contributed by atoms with Crippen LogP contribution in [0.25, 0.3) is 0 Å². The lowest BCUT2D eigenvalue weighted by atomic mass is 10.3. The third-order valence-electron chi connectivity index (χ3n) is 1.51. The van der Waals surface area contributed by atoms with E-state index in [0.29, 0.717) is 6.54 Å². The highest BCUT2D eigenvalue weighted by atomic mass is 127. The zero-order valence-corrected chi connectivity index (χ0v) is 7.75. The first-order valence-corrected chi connectivity index (χ1v) is 4.49. The van der Waals surface area contributed by atoms with Gasteiger partial charge in [-0.3, -0.25) is 0 Å². The maximum absolute atomic E-state index is 8.92. The summed E-state index contributed by atoms with van der Waals surface area (Å²) in [7, 11) is 0. The highest BCUT2D eigenvalue weighted by molar-refractivity contribution is 14.1. The molecule has 0 aromatic heterocycles. The molecule has 0 spiro atoms. The third-order valence-corrected chi connectivity index (χ3v) is 2.46. The molecule has 1 fully saturated rings. The Morgan fingerprint density at radius 3 is 2.82 bits per heavy atom. The molecule has 58 valence electrons. The molecule has 0 bridgehead atoms. The fourth-order valence-electron chi connectivity index (χ4n) is 0.872. The van der Waals surface area contributed by atoms with Gasteiger partial charge in [-0.25, -0.2) is 0 Å². The summed E-state index contributed by atoms with van der Waals surface area (Å²) in [6.45, 7) is 0.436. The van der Waals surface area contributed by atoms with E-state index in [9.17, 15) is 0 Å². The Morgan fingerprint density at radius 1 is 1.64 bits per heavy atom. The number of epoxide rings is 1. The fraction of sp³-hybridized carbons (Fsp3) is 0.429. The van der Waals surface area contributed by atoms with E-state index < -0.39 is 0 Å². The van der Waals surface area contributed by atoms with E-state index in [1.165, 1.54) is 0 Å². The van der Waals surface area contributed by atoms with Crippen LogP contribution >= 0.6 is 22.6 Å². The summed E-state index contributed by atoms with van der Waals surface area (Å²) >= 11 is 2.20. The second-order valence-electron chi connectivity index (χ2n) is 2.37. The summed E-state index contributed by atoms with van der Waals surface area (Å²) in [5.74, 6) is 0.194. The molecule has 2 N–H and O–H groups in total.